The lowest BCUT2D eigenvalue weighted by molar-refractivity contribution is -0.670. The van der Waals surface area contributed by atoms with Crippen LogP contribution in [0.5, 0.6) is 5.75 Å². The molecule has 0 atom stereocenters. The van der Waals surface area contributed by atoms with Gasteiger partial charge in [0.15, 0.2) is 0 Å². The van der Waals surface area contributed by atoms with Crippen molar-refractivity contribution >= 4 is 0 Å². The quantitative estimate of drug-likeness (QED) is 0.657. The van der Waals surface area contributed by atoms with E-state index in [4.69, 9.17) is 4.74 Å². The van der Waals surface area contributed by atoms with Gasteiger partial charge in [-0.05, 0) is 36.1 Å². The highest BCUT2D eigenvalue weighted by Crippen LogP contribution is 2.22. The summed E-state index contributed by atoms with van der Waals surface area (Å²) in [5.74, 6) is 1.56. The molecule has 0 saturated carbocycles. The number of nitrogens with two attached hydrogens (primary N) is 1. The Balaban J connectivity index is 2.37. The van der Waals surface area contributed by atoms with Crippen LogP contribution >= 0.6 is 0 Å². The third kappa shape index (κ3) is 5.52. The van der Waals surface area contributed by atoms with E-state index in [0.29, 0.717) is 5.92 Å². The molecule has 0 radical (unpaired) electrons. The summed E-state index contributed by atoms with van der Waals surface area (Å²) in [6.07, 6.45) is 1.09. The fraction of sp³-hybridized carbons (Fsp3) is 0.600. The second-order valence-electron chi connectivity index (χ2n) is 5.16. The van der Waals surface area contributed by atoms with E-state index in [-0.39, 0.29) is 0 Å². The van der Waals surface area contributed by atoms with Crippen molar-refractivity contribution in [3.63, 3.8) is 0 Å². The van der Waals surface area contributed by atoms with Crippen molar-refractivity contribution in [3.8, 4) is 5.75 Å². The van der Waals surface area contributed by atoms with E-state index in [0.717, 1.165) is 38.4 Å². The molecule has 0 aliphatic heterocycles. The Morgan fingerprint density at radius 1 is 1.22 bits per heavy atom. The first kappa shape index (κ1) is 15.0. The first-order valence-electron chi connectivity index (χ1n) is 6.98. The van der Waals surface area contributed by atoms with Gasteiger partial charge in [-0.1, -0.05) is 19.9 Å². The molecule has 0 saturated heterocycles. The Kier molecular flexibility index (Phi) is 6.76. The molecule has 1 rings (SSSR count). The molecular weight excluding hydrogens is 224 g/mol. The van der Waals surface area contributed by atoms with Crippen LogP contribution in [0.2, 0.25) is 0 Å². The van der Waals surface area contributed by atoms with Gasteiger partial charge in [0.1, 0.15) is 18.8 Å². The van der Waals surface area contributed by atoms with Gasteiger partial charge in [-0.15, -0.1) is 0 Å². The lowest BCUT2D eigenvalue weighted by Gasteiger charge is -2.11. The standard InChI is InChI=1S/C15H26N2O/c1-12(2)14-9-13(3)10-15(11-14)18-8-4-6-17-7-5-16/h9-12,17H,4-8,16H2,1-3H3/p+2. The largest absolute Gasteiger partial charge is 0.493 e. The molecule has 0 fully saturated rings. The van der Waals surface area contributed by atoms with Crippen molar-refractivity contribution in [2.45, 2.75) is 33.1 Å². The predicted molar refractivity (Wildman–Crippen MR) is 74.8 cm³/mol. The van der Waals surface area contributed by atoms with Crippen LogP contribution in [0.25, 0.3) is 0 Å². The summed E-state index contributed by atoms with van der Waals surface area (Å²) in [4.78, 5) is 0. The zero-order chi connectivity index (χ0) is 13.4. The minimum absolute atomic E-state index is 0.553. The van der Waals surface area contributed by atoms with Crippen LogP contribution in [-0.2, 0) is 0 Å². The summed E-state index contributed by atoms with van der Waals surface area (Å²) in [5.41, 5.74) is 6.46. The van der Waals surface area contributed by atoms with E-state index in [9.17, 15) is 0 Å². The highest BCUT2D eigenvalue weighted by molar-refractivity contribution is 5.35. The second-order valence-corrected chi connectivity index (χ2v) is 5.16. The van der Waals surface area contributed by atoms with Gasteiger partial charge in [-0.3, -0.25) is 0 Å². The van der Waals surface area contributed by atoms with E-state index in [2.05, 4.69) is 50.0 Å². The second kappa shape index (κ2) is 8.11. The van der Waals surface area contributed by atoms with Crippen LogP contribution in [0.1, 0.15) is 37.3 Å². The number of aryl methyl sites for hydroxylation is 1. The minimum atomic E-state index is 0.553. The molecule has 0 aliphatic rings. The van der Waals surface area contributed by atoms with Gasteiger partial charge in [0.05, 0.1) is 13.2 Å². The molecule has 0 unspecified atom stereocenters. The fourth-order valence-electron chi connectivity index (χ4n) is 1.90. The van der Waals surface area contributed by atoms with Gasteiger partial charge < -0.3 is 15.8 Å². The maximum absolute atomic E-state index is 5.82. The number of rotatable bonds is 8. The molecule has 0 bridgehead atoms. The van der Waals surface area contributed by atoms with Gasteiger partial charge in [0.2, 0.25) is 0 Å². The van der Waals surface area contributed by atoms with E-state index >= 15 is 0 Å². The Labute approximate surface area is 111 Å². The first-order valence-corrected chi connectivity index (χ1v) is 6.98. The van der Waals surface area contributed by atoms with Crippen LogP contribution < -0.4 is 15.8 Å². The van der Waals surface area contributed by atoms with Gasteiger partial charge >= 0.3 is 0 Å². The van der Waals surface area contributed by atoms with Crippen molar-refractivity contribution in [2.75, 3.05) is 26.2 Å². The third-order valence-corrected chi connectivity index (χ3v) is 2.97. The van der Waals surface area contributed by atoms with E-state index in [1.165, 1.54) is 11.1 Å². The molecule has 0 spiro atoms. The molecule has 1 aromatic rings. The smallest absolute Gasteiger partial charge is 0.125 e. The van der Waals surface area contributed by atoms with Crippen molar-refractivity contribution < 1.29 is 15.8 Å². The minimum Gasteiger partial charge on any atom is -0.493 e. The van der Waals surface area contributed by atoms with Crippen LogP contribution in [-0.4, -0.2) is 26.2 Å². The predicted octanol–water partition coefficient (Wildman–Crippen LogP) is 0.693. The SMILES string of the molecule is Cc1cc(OCCC[NH2+]CC[NH3+])cc(C(C)C)c1. The average molecular weight is 252 g/mol. The summed E-state index contributed by atoms with van der Waals surface area (Å²) >= 11 is 0. The van der Waals surface area contributed by atoms with Gasteiger partial charge in [0.25, 0.3) is 0 Å². The number of quaternary nitrogens is 2. The van der Waals surface area contributed by atoms with Gasteiger partial charge in [0, 0.05) is 6.42 Å². The molecular formula is C15H28N2O+2. The number of ether oxygens (including phenoxy) is 1. The Bertz CT molecular complexity index is 350. The van der Waals surface area contributed by atoms with Crippen molar-refractivity contribution in [1.29, 1.82) is 0 Å². The Morgan fingerprint density at radius 2 is 2.00 bits per heavy atom. The number of hydrogen-bond acceptors (Lipinski definition) is 1. The molecule has 3 heteroatoms. The van der Waals surface area contributed by atoms with Crippen LogP contribution in [0.4, 0.5) is 0 Å². The maximum atomic E-state index is 5.82. The zero-order valence-corrected chi connectivity index (χ0v) is 12.0. The summed E-state index contributed by atoms with van der Waals surface area (Å²) in [5, 5.41) is 2.30. The molecule has 1 aromatic carbocycles. The number of benzene rings is 1. The van der Waals surface area contributed by atoms with E-state index < -0.39 is 0 Å². The summed E-state index contributed by atoms with van der Waals surface area (Å²) in [7, 11) is 0. The normalized spacial score (nSPS) is 10.9. The monoisotopic (exact) mass is 252 g/mol. The van der Waals surface area contributed by atoms with Crippen molar-refractivity contribution in [1.82, 2.24) is 0 Å². The maximum Gasteiger partial charge on any atom is 0.125 e. The topological polar surface area (TPSA) is 53.5 Å². The summed E-state index contributed by atoms with van der Waals surface area (Å²) < 4.78 is 5.82. The Morgan fingerprint density at radius 3 is 2.67 bits per heavy atom. The first-order chi connectivity index (χ1) is 8.63. The van der Waals surface area contributed by atoms with E-state index in [1.54, 1.807) is 0 Å². The highest BCUT2D eigenvalue weighted by Gasteiger charge is 2.03. The molecule has 0 aromatic heterocycles. The van der Waals surface area contributed by atoms with Crippen molar-refractivity contribution in [2.24, 2.45) is 0 Å². The average Bonchev–Trinajstić information content (AvgIpc) is 2.33. The van der Waals surface area contributed by atoms with Crippen molar-refractivity contribution in [3.05, 3.63) is 29.3 Å². The Hall–Kier alpha value is -1.06. The molecule has 0 heterocycles. The van der Waals surface area contributed by atoms with Gasteiger partial charge in [-0.25, -0.2) is 0 Å². The lowest BCUT2D eigenvalue weighted by Crippen LogP contribution is -2.88. The van der Waals surface area contributed by atoms with Gasteiger partial charge in [-0.2, -0.15) is 0 Å². The van der Waals surface area contributed by atoms with Crippen LogP contribution in [0.3, 0.4) is 0 Å². The third-order valence-electron chi connectivity index (χ3n) is 2.97. The fourth-order valence-corrected chi connectivity index (χ4v) is 1.90. The van der Waals surface area contributed by atoms with Crippen LogP contribution in [0.15, 0.2) is 18.2 Å². The summed E-state index contributed by atoms with van der Waals surface area (Å²) in [6.45, 7) is 10.6. The molecule has 18 heavy (non-hydrogen) atoms. The van der Waals surface area contributed by atoms with Crippen LogP contribution in [0, 0.1) is 6.92 Å². The highest BCUT2D eigenvalue weighted by atomic mass is 16.5. The number of hydrogen-bond donors (Lipinski definition) is 2. The molecule has 0 aliphatic carbocycles. The molecule has 3 nitrogen and oxygen atoms in total. The zero-order valence-electron chi connectivity index (χ0n) is 12.0. The molecule has 5 N–H and O–H groups in total. The van der Waals surface area contributed by atoms with E-state index in [1.807, 2.05) is 0 Å². The molecule has 102 valence electrons. The lowest BCUT2D eigenvalue weighted by atomic mass is 10.0. The molecule has 0 amide bonds. The summed E-state index contributed by atoms with van der Waals surface area (Å²) in [6, 6.07) is 6.52.